The molecule has 8 heteroatoms. The Balaban J connectivity index is 1.87. The highest BCUT2D eigenvalue weighted by Crippen LogP contribution is 2.18. The first-order valence-corrected chi connectivity index (χ1v) is 8.35. The number of methoxy groups -OCH3 is 2. The SMILES string of the molecule is COc1ccc(-n2nc(C(=O)NCC3CCCO3)c(=O)cc2OC)cc1. The second-order valence-electron chi connectivity index (χ2n) is 5.85. The standard InChI is InChI=1S/C18H21N3O5/c1-24-13-7-5-12(6-8-13)21-16(25-2)10-15(22)17(20-21)18(23)19-11-14-4-3-9-26-14/h5-8,10,14H,3-4,9,11H2,1-2H3,(H,19,23). The first-order valence-electron chi connectivity index (χ1n) is 8.35. The van der Waals surface area contributed by atoms with Crippen molar-refractivity contribution in [2.45, 2.75) is 18.9 Å². The topological polar surface area (TPSA) is 91.7 Å². The van der Waals surface area contributed by atoms with E-state index in [2.05, 4.69) is 10.4 Å². The number of aromatic nitrogens is 2. The molecule has 0 aliphatic carbocycles. The van der Waals surface area contributed by atoms with E-state index in [-0.39, 0.29) is 17.7 Å². The van der Waals surface area contributed by atoms with E-state index in [0.29, 0.717) is 24.6 Å². The van der Waals surface area contributed by atoms with Gasteiger partial charge in [0.15, 0.2) is 5.69 Å². The maximum absolute atomic E-state index is 12.4. The summed E-state index contributed by atoms with van der Waals surface area (Å²) in [6.45, 7) is 1.06. The average Bonchev–Trinajstić information content (AvgIpc) is 3.19. The summed E-state index contributed by atoms with van der Waals surface area (Å²) in [4.78, 5) is 24.7. The van der Waals surface area contributed by atoms with Gasteiger partial charge in [-0.25, -0.2) is 4.68 Å². The maximum Gasteiger partial charge on any atom is 0.275 e. The van der Waals surface area contributed by atoms with Gasteiger partial charge in [0.2, 0.25) is 11.3 Å². The first kappa shape index (κ1) is 17.9. The molecule has 0 spiro atoms. The van der Waals surface area contributed by atoms with E-state index in [1.54, 1.807) is 31.4 Å². The Kier molecular flexibility index (Phi) is 5.52. The molecule has 1 aliphatic rings. The van der Waals surface area contributed by atoms with Crippen molar-refractivity contribution in [1.29, 1.82) is 0 Å². The molecule has 1 saturated heterocycles. The van der Waals surface area contributed by atoms with Crippen LogP contribution in [0.4, 0.5) is 0 Å². The monoisotopic (exact) mass is 359 g/mol. The van der Waals surface area contributed by atoms with Crippen LogP contribution in [0.5, 0.6) is 11.6 Å². The fourth-order valence-electron chi connectivity index (χ4n) is 2.75. The molecule has 1 fully saturated rings. The predicted molar refractivity (Wildman–Crippen MR) is 94.2 cm³/mol. The number of carbonyl (C=O) groups is 1. The molecule has 0 saturated carbocycles. The fraction of sp³-hybridized carbons (Fsp3) is 0.389. The summed E-state index contributed by atoms with van der Waals surface area (Å²) in [6, 6.07) is 8.27. The van der Waals surface area contributed by atoms with Gasteiger partial charge < -0.3 is 19.5 Å². The molecule has 3 rings (SSSR count). The minimum Gasteiger partial charge on any atom is -0.497 e. The Labute approximate surface area is 150 Å². The maximum atomic E-state index is 12.4. The number of nitrogens with zero attached hydrogens (tertiary/aromatic N) is 2. The number of carbonyl (C=O) groups excluding carboxylic acids is 1. The van der Waals surface area contributed by atoms with Gasteiger partial charge in [0.1, 0.15) is 5.75 Å². The van der Waals surface area contributed by atoms with Crippen molar-refractivity contribution in [3.05, 3.63) is 46.2 Å². The summed E-state index contributed by atoms with van der Waals surface area (Å²) in [7, 11) is 3.01. The molecule has 2 heterocycles. The smallest absolute Gasteiger partial charge is 0.275 e. The van der Waals surface area contributed by atoms with E-state index in [4.69, 9.17) is 14.2 Å². The van der Waals surface area contributed by atoms with Gasteiger partial charge in [0.25, 0.3) is 5.91 Å². The Morgan fingerprint density at radius 3 is 2.69 bits per heavy atom. The van der Waals surface area contributed by atoms with Crippen molar-refractivity contribution in [2.24, 2.45) is 0 Å². The number of hydrogen-bond donors (Lipinski definition) is 1. The molecule has 0 bridgehead atoms. The fourth-order valence-corrected chi connectivity index (χ4v) is 2.75. The Bertz CT molecular complexity index is 826. The van der Waals surface area contributed by atoms with Crippen molar-refractivity contribution in [3.63, 3.8) is 0 Å². The highest BCUT2D eigenvalue weighted by Gasteiger charge is 2.20. The van der Waals surface area contributed by atoms with Gasteiger partial charge in [0.05, 0.1) is 32.1 Å². The van der Waals surface area contributed by atoms with Crippen LogP contribution in [0.1, 0.15) is 23.3 Å². The number of amides is 1. The summed E-state index contributed by atoms with van der Waals surface area (Å²) in [5.74, 6) is 0.384. The van der Waals surface area contributed by atoms with Gasteiger partial charge in [-0.3, -0.25) is 9.59 Å². The largest absolute Gasteiger partial charge is 0.497 e. The van der Waals surface area contributed by atoms with Crippen LogP contribution < -0.4 is 20.2 Å². The highest BCUT2D eigenvalue weighted by atomic mass is 16.5. The lowest BCUT2D eigenvalue weighted by Gasteiger charge is -2.14. The number of ether oxygens (including phenoxy) is 3. The molecule has 26 heavy (non-hydrogen) atoms. The summed E-state index contributed by atoms with van der Waals surface area (Å²) >= 11 is 0. The molecule has 8 nitrogen and oxygen atoms in total. The van der Waals surface area contributed by atoms with Gasteiger partial charge in [-0.2, -0.15) is 5.10 Å². The van der Waals surface area contributed by atoms with E-state index < -0.39 is 11.3 Å². The molecule has 2 aromatic rings. The summed E-state index contributed by atoms with van der Waals surface area (Å²) in [5.41, 5.74) is -0.0631. The third-order valence-electron chi connectivity index (χ3n) is 4.15. The Hall–Kier alpha value is -2.87. The van der Waals surface area contributed by atoms with E-state index in [9.17, 15) is 9.59 Å². The van der Waals surface area contributed by atoms with Gasteiger partial charge in [0, 0.05) is 13.2 Å². The molecule has 138 valence electrons. The summed E-state index contributed by atoms with van der Waals surface area (Å²) < 4.78 is 17.2. The summed E-state index contributed by atoms with van der Waals surface area (Å²) in [6.07, 6.45) is 1.86. The third-order valence-corrected chi connectivity index (χ3v) is 4.15. The van der Waals surface area contributed by atoms with Crippen LogP contribution in [0.15, 0.2) is 35.1 Å². The van der Waals surface area contributed by atoms with Crippen molar-refractivity contribution >= 4 is 5.91 Å². The van der Waals surface area contributed by atoms with Crippen LogP contribution in [0, 0.1) is 0 Å². The van der Waals surface area contributed by atoms with Gasteiger partial charge in [-0.15, -0.1) is 0 Å². The quantitative estimate of drug-likeness (QED) is 0.832. The van der Waals surface area contributed by atoms with E-state index in [1.807, 2.05) is 0 Å². The number of rotatable bonds is 6. The van der Waals surface area contributed by atoms with Crippen molar-refractivity contribution < 1.29 is 19.0 Å². The van der Waals surface area contributed by atoms with Gasteiger partial charge in [-0.1, -0.05) is 0 Å². The molecule has 1 unspecified atom stereocenters. The lowest BCUT2D eigenvalue weighted by Crippen LogP contribution is -2.36. The Morgan fingerprint density at radius 1 is 1.31 bits per heavy atom. The van der Waals surface area contributed by atoms with Gasteiger partial charge in [-0.05, 0) is 37.1 Å². The normalized spacial score (nSPS) is 16.3. The zero-order valence-electron chi connectivity index (χ0n) is 14.7. The second kappa shape index (κ2) is 8.01. The third kappa shape index (κ3) is 3.85. The van der Waals surface area contributed by atoms with Crippen LogP contribution in [0.3, 0.4) is 0 Å². The first-order chi connectivity index (χ1) is 12.6. The van der Waals surface area contributed by atoms with Crippen molar-refractivity contribution in [3.8, 4) is 17.3 Å². The zero-order valence-corrected chi connectivity index (χ0v) is 14.7. The molecule has 1 aliphatic heterocycles. The second-order valence-corrected chi connectivity index (χ2v) is 5.85. The van der Waals surface area contributed by atoms with E-state index >= 15 is 0 Å². The molecule has 0 radical (unpaired) electrons. The summed E-state index contributed by atoms with van der Waals surface area (Å²) in [5, 5.41) is 6.92. The van der Waals surface area contributed by atoms with Crippen molar-refractivity contribution in [1.82, 2.24) is 15.1 Å². The lowest BCUT2D eigenvalue weighted by atomic mass is 10.2. The number of benzene rings is 1. The number of nitrogens with one attached hydrogen (secondary N) is 1. The number of hydrogen-bond acceptors (Lipinski definition) is 6. The molecule has 1 aromatic heterocycles. The van der Waals surface area contributed by atoms with E-state index in [1.165, 1.54) is 17.9 Å². The van der Waals surface area contributed by atoms with Gasteiger partial charge >= 0.3 is 0 Å². The van der Waals surface area contributed by atoms with Crippen LogP contribution in [0.25, 0.3) is 5.69 Å². The zero-order chi connectivity index (χ0) is 18.5. The van der Waals surface area contributed by atoms with E-state index in [0.717, 1.165) is 12.8 Å². The minimum absolute atomic E-state index is 0.0130. The molecular formula is C18H21N3O5. The predicted octanol–water partition coefficient (Wildman–Crippen LogP) is 1.16. The minimum atomic E-state index is -0.532. The highest BCUT2D eigenvalue weighted by molar-refractivity contribution is 5.92. The van der Waals surface area contributed by atoms with Crippen LogP contribution in [-0.2, 0) is 4.74 Å². The van der Waals surface area contributed by atoms with Crippen LogP contribution in [0.2, 0.25) is 0 Å². The molecule has 1 atom stereocenters. The lowest BCUT2D eigenvalue weighted by molar-refractivity contribution is 0.0851. The average molecular weight is 359 g/mol. The molecule has 1 amide bonds. The van der Waals surface area contributed by atoms with Crippen molar-refractivity contribution in [2.75, 3.05) is 27.4 Å². The van der Waals surface area contributed by atoms with Crippen LogP contribution >= 0.6 is 0 Å². The molecular weight excluding hydrogens is 338 g/mol. The molecule has 1 aromatic carbocycles. The molecule has 1 N–H and O–H groups in total. The Morgan fingerprint density at radius 2 is 2.08 bits per heavy atom. The van der Waals surface area contributed by atoms with Crippen LogP contribution in [-0.4, -0.2) is 49.2 Å².